The maximum Gasteiger partial charge on any atom is 0.494 e. The first kappa shape index (κ1) is 84.4. The van der Waals surface area contributed by atoms with E-state index in [0.29, 0.717) is 58.9 Å². The van der Waals surface area contributed by atoms with Gasteiger partial charge >= 0.3 is 14.2 Å². The van der Waals surface area contributed by atoms with Crippen molar-refractivity contribution in [1.29, 1.82) is 0 Å². The number of nitrogens with two attached hydrogens (primary N) is 2. The largest absolute Gasteiger partial charge is 0.494 e. The van der Waals surface area contributed by atoms with Crippen LogP contribution in [0.25, 0.3) is 121 Å². The first-order valence-corrected chi connectivity index (χ1v) is 40.9. The Labute approximate surface area is 729 Å². The van der Waals surface area contributed by atoms with Crippen molar-refractivity contribution in [2.75, 3.05) is 11.5 Å². The van der Waals surface area contributed by atoms with E-state index < -0.39 is 14.2 Å². The van der Waals surface area contributed by atoms with Crippen molar-refractivity contribution in [3.63, 3.8) is 0 Å². The highest BCUT2D eigenvalue weighted by Gasteiger charge is 2.52. The number of carbonyl (C=O) groups excluding carboxylic acids is 2. The van der Waals surface area contributed by atoms with Crippen molar-refractivity contribution in [2.45, 2.75) is 38.9 Å². The number of para-hydroxylation sites is 8. The number of anilines is 2. The fraction of sp³-hybridized carbons (Fsp3) is 0.0632. The van der Waals surface area contributed by atoms with Gasteiger partial charge in [0.15, 0.2) is 6.29 Å². The number of aromatic nitrogens is 6. The van der Waals surface area contributed by atoms with Gasteiger partial charge in [-0.15, -0.1) is 0 Å². The molecule has 0 saturated carbocycles. The van der Waals surface area contributed by atoms with E-state index >= 15 is 0 Å². The molecule has 1 aliphatic heterocycles. The van der Waals surface area contributed by atoms with Gasteiger partial charge in [0.05, 0.1) is 71.7 Å². The summed E-state index contributed by atoms with van der Waals surface area (Å²) in [6.07, 6.45) is 1.41. The molecule has 0 amide bonds. The predicted molar refractivity (Wildman–Crippen MR) is 502 cm³/mol. The third-order valence-corrected chi connectivity index (χ3v) is 23.2. The number of imidazole rings is 3. The smallest absolute Gasteiger partial charge is 0.423 e. The van der Waals surface area contributed by atoms with Crippen molar-refractivity contribution in [1.82, 2.24) is 28.7 Å². The molecule has 20 rings (SSSR count). The number of fused-ring (bicyclic) bond motifs is 17. The molecule has 0 atom stereocenters. The number of aldehydes is 2. The van der Waals surface area contributed by atoms with Gasteiger partial charge in [0.2, 0.25) is 0 Å². The summed E-state index contributed by atoms with van der Waals surface area (Å²) in [5, 5.41) is 29.0. The van der Waals surface area contributed by atoms with Gasteiger partial charge in [0.1, 0.15) is 23.4 Å². The third kappa shape index (κ3) is 18.5. The van der Waals surface area contributed by atoms with Crippen LogP contribution < -0.4 is 22.4 Å². The Bertz CT molecular complexity index is 6940. The summed E-state index contributed by atoms with van der Waals surface area (Å²) in [5.74, 6) is 0.827. The lowest BCUT2D eigenvalue weighted by Crippen LogP contribution is -2.41. The van der Waals surface area contributed by atoms with Gasteiger partial charge in [0, 0.05) is 84.0 Å². The summed E-state index contributed by atoms with van der Waals surface area (Å²) >= 11 is 45.1. The van der Waals surface area contributed by atoms with Crippen molar-refractivity contribution in [3.05, 3.63) is 360 Å². The normalized spacial score (nSPS) is 12.5. The van der Waals surface area contributed by atoms with Crippen molar-refractivity contribution in [2.24, 2.45) is 0 Å². The molecule has 1 saturated heterocycles. The molecule has 0 bridgehead atoms. The molecule has 7 N–H and O–H groups in total. The molecule has 0 spiro atoms. The van der Waals surface area contributed by atoms with Gasteiger partial charge in [-0.3, -0.25) is 18.4 Å². The number of hydrogen-bond acceptors (Lipinski definition) is 11. The number of nitrogens with zero attached hydrogens (tertiary/aromatic N) is 5. The molecule has 1 aliphatic rings. The summed E-state index contributed by atoms with van der Waals surface area (Å²) in [6.45, 7) is 8.35. The molecule has 0 unspecified atom stereocenters. The molecule has 0 radical (unpaired) electrons. The lowest BCUT2D eigenvalue weighted by Gasteiger charge is -2.32. The monoisotopic (exact) mass is 1770 g/mol. The van der Waals surface area contributed by atoms with E-state index in [1.165, 1.54) is 33.7 Å². The zero-order valence-electron chi connectivity index (χ0n) is 64.2. The summed E-state index contributed by atoms with van der Waals surface area (Å²) in [4.78, 5) is 39.1. The second kappa shape index (κ2) is 37.0. The van der Waals surface area contributed by atoms with Crippen LogP contribution in [0.5, 0.6) is 0 Å². The number of halogens is 8. The molecule has 1 fully saturated rings. The fourth-order valence-electron chi connectivity index (χ4n) is 13.8. The highest BCUT2D eigenvalue weighted by Crippen LogP contribution is 2.41. The topological polar surface area (TPSA) is 208 Å². The van der Waals surface area contributed by atoms with Crippen molar-refractivity contribution >= 4 is 234 Å². The van der Waals surface area contributed by atoms with E-state index in [1.807, 2.05) is 140 Å². The molecule has 590 valence electrons. The quantitative estimate of drug-likeness (QED) is 0.0333. The minimum Gasteiger partial charge on any atom is -0.423 e. The maximum absolute atomic E-state index is 10.9. The van der Waals surface area contributed by atoms with Gasteiger partial charge in [-0.25, -0.2) is 15.0 Å². The van der Waals surface area contributed by atoms with Crippen molar-refractivity contribution < 1.29 is 28.9 Å². The lowest BCUT2D eigenvalue weighted by molar-refractivity contribution is 0.00578. The van der Waals surface area contributed by atoms with Crippen molar-refractivity contribution in [3.8, 4) is 33.6 Å². The summed E-state index contributed by atoms with van der Waals surface area (Å²) in [7, 11) is -1.97. The van der Waals surface area contributed by atoms with Gasteiger partial charge in [-0.2, -0.15) is 0 Å². The van der Waals surface area contributed by atoms with E-state index in [4.69, 9.17) is 127 Å². The molecule has 119 heavy (non-hydrogen) atoms. The zero-order valence-corrected chi connectivity index (χ0v) is 71.1. The Morgan fingerprint density at radius 2 is 0.807 bits per heavy atom. The van der Waals surface area contributed by atoms with Gasteiger partial charge < -0.3 is 35.8 Å². The minimum atomic E-state index is -1.57. The fourth-order valence-corrected chi connectivity index (χ4v) is 15.7. The molecule has 24 heteroatoms. The zero-order chi connectivity index (χ0) is 83.8. The number of nitrogen functional groups attached to an aromatic ring is 2. The molecule has 6 heterocycles. The first-order valence-electron chi connectivity index (χ1n) is 37.4. The number of benzene rings is 14. The first-order chi connectivity index (χ1) is 57.4. The molecule has 14 nitrogen and oxygen atoms in total. The van der Waals surface area contributed by atoms with Crippen LogP contribution in [0.3, 0.4) is 0 Å². The maximum atomic E-state index is 10.9. The highest BCUT2D eigenvalue weighted by molar-refractivity contribution is 9.10. The Morgan fingerprint density at radius 3 is 1.31 bits per heavy atom. The predicted octanol–water partition coefficient (Wildman–Crippen LogP) is 25.0. The minimum absolute atomic E-state index is 0.238. The second-order valence-corrected chi connectivity index (χ2v) is 32.4. The van der Waals surface area contributed by atoms with E-state index in [0.717, 1.165) is 121 Å². The molecule has 0 aliphatic carbocycles. The summed E-state index contributed by atoms with van der Waals surface area (Å²) in [5.41, 5.74) is 28.5. The lowest BCUT2D eigenvalue weighted by atomic mass is 9.77. The molecule has 14 aromatic carbocycles. The van der Waals surface area contributed by atoms with Crippen LogP contribution in [0.2, 0.25) is 35.2 Å². The Morgan fingerprint density at radius 1 is 0.395 bits per heavy atom. The summed E-state index contributed by atoms with van der Waals surface area (Å²) in [6, 6.07) is 98.9. The number of nitrogens with one attached hydrogen (secondary N) is 1. The molecule has 5 aromatic heterocycles. The number of rotatable bonds is 7. The van der Waals surface area contributed by atoms with Gasteiger partial charge in [-0.1, -0.05) is 281 Å². The molecule has 19 aromatic rings. The van der Waals surface area contributed by atoms with Crippen LogP contribution in [-0.2, 0) is 9.31 Å². The average molecular weight is 1770 g/mol. The Kier molecular flexibility index (Phi) is 26.3. The van der Waals surface area contributed by atoms with E-state index in [9.17, 15) is 9.59 Å². The molecular weight excluding hydrogens is 1700 g/mol. The number of hydrogen-bond donors (Lipinski definition) is 5. The van der Waals surface area contributed by atoms with Crippen LogP contribution in [0.15, 0.2) is 314 Å². The van der Waals surface area contributed by atoms with Crippen LogP contribution >= 0.6 is 97.1 Å². The number of H-pyrrole nitrogens is 1. The number of carbonyl (C=O) groups is 2. The SMILES string of the molecule is CC1(C)OB(c2ccc3c4ccccc4c4nc5ccccc5n4c3c2)OC1(C)C.Clc1ccc(-c2ccccc2-c2nc3ccccc3[nH]2)c(Cl)c1.Clc1ccc(Br)c(Cl)c1.Clc1ccc2c3ccccc3c3nc4ccccc4n3c2c1.Nc1ccccc1N.O=Cc1ccccc1-c1ccc(Cl)cc1Cl.O=Cc1ccccc1B(O)O. The Balaban J connectivity index is 0.000000119. The number of aromatic amines is 1. The Hall–Kier alpha value is -11.1. The second-order valence-electron chi connectivity index (χ2n) is 28.5. The third-order valence-electron chi connectivity index (χ3n) is 20.4. The van der Waals surface area contributed by atoms with Crippen LogP contribution in [-0.4, -0.2) is 76.8 Å². The van der Waals surface area contributed by atoms with E-state index in [1.54, 1.807) is 60.7 Å². The van der Waals surface area contributed by atoms with Gasteiger partial charge in [0.25, 0.3) is 0 Å². The molecular formula is C95H72B2BrCl7N8O6. The van der Waals surface area contributed by atoms with Gasteiger partial charge in [-0.05, 0) is 186 Å². The average Bonchev–Trinajstić information content (AvgIpc) is 1.67. The van der Waals surface area contributed by atoms with E-state index in [2.05, 4.69) is 154 Å². The van der Waals surface area contributed by atoms with Crippen LogP contribution in [0.1, 0.15) is 48.4 Å². The highest BCUT2D eigenvalue weighted by atomic mass is 79.9. The summed E-state index contributed by atoms with van der Waals surface area (Å²) < 4.78 is 18.0. The van der Waals surface area contributed by atoms with Crippen LogP contribution in [0, 0.1) is 0 Å². The number of pyridine rings is 2. The standard InChI is InChI=1S/C25H23BN2O2.C19H12Cl2N2.C19H11ClN2.C13H8Cl2O.C7H7BO3.C6H3BrCl2.C6H8N2/c1-24(2)25(3,4)30-26(29-24)16-13-14-18-17-9-5-6-10-19(17)23-27-20-11-7-8-12-21(20)28(23)22(18)15-16;20-12-9-10-14(16(21)11-12)13-5-1-2-6-15(13)19-22-17-7-3-4-8-18(17)23-19;20-12-9-10-14-13-5-1-2-6-15(13)19-21-16-7-3-4-8-17(16)22(19)18(14)11-12;14-10-5-6-12(13(15)7-10)11-4-2-1-3-9(11)8-16;9-5-6-3-1-2-4-7(6)8(10)11;7-5-2-1-4(8)3-6(5)9;7-5-3-1-2-4-6(5)8/h5-15H,1-4H3;1-11H,(H,22,23);1-11H;1-8H;1-5,10-11H;1-3H;1-4H,7-8H2. The van der Waals surface area contributed by atoms with E-state index in [-0.39, 0.29) is 16.7 Å². The van der Waals surface area contributed by atoms with Crippen LogP contribution in [0.4, 0.5) is 11.4 Å².